The molecule has 0 aromatic carbocycles. The molecule has 0 spiro atoms. The molecule has 1 N–H and O–H groups in total. The Kier molecular flexibility index (Phi) is 4.51. The molecule has 1 aliphatic heterocycles. The summed E-state index contributed by atoms with van der Waals surface area (Å²) in [5.74, 6) is -1.25. The molecule has 1 unspecified atom stereocenters. The van der Waals surface area contributed by atoms with E-state index in [0.717, 1.165) is 4.31 Å². The summed E-state index contributed by atoms with van der Waals surface area (Å²) in [5, 5.41) is 9.14. The Balaban J connectivity index is 2.80. The molecule has 0 radical (unpaired) electrons. The number of hydrogen-bond acceptors (Lipinski definition) is 4. The Morgan fingerprint density at radius 1 is 1.53 bits per heavy atom. The zero-order valence-corrected chi connectivity index (χ0v) is 11.0. The van der Waals surface area contributed by atoms with Crippen LogP contribution in [0.25, 0.3) is 0 Å². The number of sulfonamides is 1. The van der Waals surface area contributed by atoms with Gasteiger partial charge in [0.05, 0.1) is 12.4 Å². The van der Waals surface area contributed by atoms with Crippen LogP contribution in [0, 0.1) is 0 Å². The molecule has 0 aromatic rings. The van der Waals surface area contributed by atoms with Crippen LogP contribution < -0.4 is 0 Å². The van der Waals surface area contributed by atoms with E-state index in [0.29, 0.717) is 19.4 Å². The molecule has 0 aromatic heterocycles. The lowest BCUT2D eigenvalue weighted by atomic mass is 10.0. The molecule has 1 rings (SSSR count). The second-order valence-electron chi connectivity index (χ2n) is 4.27. The molecule has 1 fully saturated rings. The first-order valence-corrected chi connectivity index (χ1v) is 7.27. The van der Waals surface area contributed by atoms with Gasteiger partial charge in [0.15, 0.2) is 0 Å². The summed E-state index contributed by atoms with van der Waals surface area (Å²) in [4.78, 5) is 11.2. The number of ether oxygens (including phenoxy) is 1. The standard InChI is InChI=1S/C10H19NO5S/c1-3-16-7-8-17(14,15)11-6-4-5-10(11,2)9(12)13/h3-8H2,1-2H3,(H,12,13). The van der Waals surface area contributed by atoms with Gasteiger partial charge in [0, 0.05) is 13.2 Å². The van der Waals surface area contributed by atoms with Gasteiger partial charge in [-0.25, -0.2) is 8.42 Å². The molecular formula is C10H19NO5S. The maximum absolute atomic E-state index is 12.0. The second-order valence-corrected chi connectivity index (χ2v) is 6.28. The predicted molar refractivity (Wildman–Crippen MR) is 62.3 cm³/mol. The number of carboxylic acid groups (broad SMARTS) is 1. The molecule has 1 aliphatic rings. The van der Waals surface area contributed by atoms with Gasteiger partial charge < -0.3 is 9.84 Å². The van der Waals surface area contributed by atoms with Gasteiger partial charge in [-0.15, -0.1) is 0 Å². The van der Waals surface area contributed by atoms with Crippen LogP contribution in [0.1, 0.15) is 26.7 Å². The van der Waals surface area contributed by atoms with Crippen molar-refractivity contribution in [3.05, 3.63) is 0 Å². The lowest BCUT2D eigenvalue weighted by Gasteiger charge is -2.30. The molecular weight excluding hydrogens is 246 g/mol. The van der Waals surface area contributed by atoms with Crippen molar-refractivity contribution < 1.29 is 23.1 Å². The number of aliphatic carboxylic acids is 1. The van der Waals surface area contributed by atoms with Crippen molar-refractivity contribution in [3.8, 4) is 0 Å². The molecule has 0 amide bonds. The van der Waals surface area contributed by atoms with E-state index in [1.54, 1.807) is 6.92 Å². The molecule has 0 aliphatic carbocycles. The summed E-state index contributed by atoms with van der Waals surface area (Å²) in [6, 6.07) is 0. The van der Waals surface area contributed by atoms with Gasteiger partial charge in [-0.1, -0.05) is 0 Å². The SMILES string of the molecule is CCOCCS(=O)(=O)N1CCCC1(C)C(=O)O. The van der Waals surface area contributed by atoms with Crippen LogP contribution in [0.4, 0.5) is 0 Å². The average molecular weight is 265 g/mol. The Morgan fingerprint density at radius 2 is 2.18 bits per heavy atom. The number of rotatable bonds is 6. The van der Waals surface area contributed by atoms with Gasteiger partial charge in [-0.2, -0.15) is 4.31 Å². The summed E-state index contributed by atoms with van der Waals surface area (Å²) in [5.41, 5.74) is -1.30. The average Bonchev–Trinajstić information content (AvgIpc) is 2.63. The second kappa shape index (κ2) is 5.32. The Bertz CT molecular complexity index is 380. The van der Waals surface area contributed by atoms with Crippen molar-refractivity contribution in [2.45, 2.75) is 32.2 Å². The molecule has 7 heteroatoms. The van der Waals surface area contributed by atoms with Gasteiger partial charge in [0.2, 0.25) is 10.0 Å². The van der Waals surface area contributed by atoms with Gasteiger partial charge in [-0.05, 0) is 26.7 Å². The fraction of sp³-hybridized carbons (Fsp3) is 0.900. The summed E-state index contributed by atoms with van der Waals surface area (Å²) >= 11 is 0. The van der Waals surface area contributed by atoms with Crippen molar-refractivity contribution >= 4 is 16.0 Å². The van der Waals surface area contributed by atoms with Crippen LogP contribution in [0.3, 0.4) is 0 Å². The minimum absolute atomic E-state index is 0.102. The van der Waals surface area contributed by atoms with E-state index in [2.05, 4.69) is 0 Å². The maximum atomic E-state index is 12.0. The number of carboxylic acids is 1. The minimum atomic E-state index is -3.56. The Hall–Kier alpha value is -0.660. The van der Waals surface area contributed by atoms with Crippen LogP contribution in [0.2, 0.25) is 0 Å². The highest BCUT2D eigenvalue weighted by atomic mass is 32.2. The van der Waals surface area contributed by atoms with Crippen LogP contribution in [-0.2, 0) is 19.6 Å². The van der Waals surface area contributed by atoms with Crippen LogP contribution in [-0.4, -0.2) is 54.8 Å². The van der Waals surface area contributed by atoms with E-state index in [9.17, 15) is 13.2 Å². The highest BCUT2D eigenvalue weighted by Crippen LogP contribution is 2.32. The molecule has 100 valence electrons. The molecule has 0 bridgehead atoms. The third-order valence-corrected chi connectivity index (χ3v) is 5.00. The minimum Gasteiger partial charge on any atom is -0.480 e. The summed E-state index contributed by atoms with van der Waals surface area (Å²) < 4.78 is 30.1. The topological polar surface area (TPSA) is 83.9 Å². The monoisotopic (exact) mass is 265 g/mol. The maximum Gasteiger partial charge on any atom is 0.324 e. The predicted octanol–water partition coefficient (Wildman–Crippen LogP) is 0.292. The highest BCUT2D eigenvalue weighted by molar-refractivity contribution is 7.89. The van der Waals surface area contributed by atoms with E-state index in [1.165, 1.54) is 6.92 Å². The van der Waals surface area contributed by atoms with E-state index >= 15 is 0 Å². The van der Waals surface area contributed by atoms with Gasteiger partial charge in [-0.3, -0.25) is 4.79 Å². The third-order valence-electron chi connectivity index (χ3n) is 3.06. The summed E-state index contributed by atoms with van der Waals surface area (Å²) in [6.45, 7) is 4.07. The smallest absolute Gasteiger partial charge is 0.324 e. The fourth-order valence-electron chi connectivity index (χ4n) is 2.02. The van der Waals surface area contributed by atoms with E-state index < -0.39 is 21.5 Å². The lowest BCUT2D eigenvalue weighted by molar-refractivity contribution is -0.146. The lowest BCUT2D eigenvalue weighted by Crippen LogP contribution is -2.51. The number of hydrogen-bond donors (Lipinski definition) is 1. The van der Waals surface area contributed by atoms with E-state index in [1.807, 2.05) is 0 Å². The van der Waals surface area contributed by atoms with E-state index in [4.69, 9.17) is 9.84 Å². The van der Waals surface area contributed by atoms with Gasteiger partial charge in [0.1, 0.15) is 5.54 Å². The Labute approximate surface area is 102 Å². The summed E-state index contributed by atoms with van der Waals surface area (Å²) in [6.07, 6.45) is 0.937. The molecule has 1 saturated heterocycles. The van der Waals surface area contributed by atoms with Gasteiger partial charge in [0.25, 0.3) is 0 Å². The fourth-order valence-corrected chi connectivity index (χ4v) is 3.76. The van der Waals surface area contributed by atoms with E-state index in [-0.39, 0.29) is 18.9 Å². The zero-order chi connectivity index (χ0) is 13.1. The summed E-state index contributed by atoms with van der Waals surface area (Å²) in [7, 11) is -3.56. The first-order chi connectivity index (χ1) is 7.84. The van der Waals surface area contributed by atoms with Crippen molar-refractivity contribution in [3.63, 3.8) is 0 Å². The van der Waals surface area contributed by atoms with Crippen LogP contribution in [0.5, 0.6) is 0 Å². The van der Waals surface area contributed by atoms with Crippen molar-refractivity contribution in [2.24, 2.45) is 0 Å². The number of carbonyl (C=O) groups is 1. The van der Waals surface area contributed by atoms with Crippen molar-refractivity contribution in [1.29, 1.82) is 0 Å². The Morgan fingerprint density at radius 3 is 2.71 bits per heavy atom. The first kappa shape index (κ1) is 14.4. The molecule has 17 heavy (non-hydrogen) atoms. The molecule has 1 atom stereocenters. The number of nitrogens with zero attached hydrogens (tertiary/aromatic N) is 1. The van der Waals surface area contributed by atoms with Crippen molar-refractivity contribution in [1.82, 2.24) is 4.31 Å². The first-order valence-electron chi connectivity index (χ1n) is 5.66. The molecule has 1 heterocycles. The third kappa shape index (κ3) is 2.97. The molecule has 0 saturated carbocycles. The normalized spacial score (nSPS) is 26.2. The quantitative estimate of drug-likeness (QED) is 0.698. The molecule has 6 nitrogen and oxygen atoms in total. The van der Waals surface area contributed by atoms with Crippen LogP contribution in [0.15, 0.2) is 0 Å². The highest BCUT2D eigenvalue weighted by Gasteiger charge is 2.48. The van der Waals surface area contributed by atoms with Gasteiger partial charge >= 0.3 is 5.97 Å². The zero-order valence-electron chi connectivity index (χ0n) is 10.2. The van der Waals surface area contributed by atoms with Crippen LogP contribution >= 0.6 is 0 Å². The van der Waals surface area contributed by atoms with Crippen molar-refractivity contribution in [2.75, 3.05) is 25.5 Å². The largest absolute Gasteiger partial charge is 0.480 e.